The third-order valence-corrected chi connectivity index (χ3v) is 2.81. The van der Waals surface area contributed by atoms with E-state index < -0.39 is 0 Å². The third-order valence-electron chi connectivity index (χ3n) is 2.81. The first-order valence-electron chi connectivity index (χ1n) is 7.22. The fourth-order valence-electron chi connectivity index (χ4n) is 1.48. The number of carbonyl (C=O) groups is 1. The maximum atomic E-state index is 13.5. The number of hydrogen-bond donors (Lipinski definition) is 2. The first-order chi connectivity index (χ1) is 10.4. The number of likely N-dealkylation sites (N-methyl/N-ethyl adjacent to an activating group) is 1. The van der Waals surface area contributed by atoms with Crippen LogP contribution in [0.3, 0.4) is 0 Å². The molecule has 1 aromatic rings. The number of nitrogens with zero attached hydrogens (tertiary/aromatic N) is 3. The van der Waals surface area contributed by atoms with Gasteiger partial charge in [0.25, 0.3) is 0 Å². The molecule has 2 N–H and O–H groups in total. The summed E-state index contributed by atoms with van der Waals surface area (Å²) in [7, 11) is 3.37. The van der Waals surface area contributed by atoms with E-state index in [1.807, 2.05) is 0 Å². The average Bonchev–Trinajstić information content (AvgIpc) is 2.47. The first kappa shape index (κ1) is 21.6. The molecule has 0 aliphatic rings. The lowest BCUT2D eigenvalue weighted by Crippen LogP contribution is -2.44. The number of aliphatic imine (C=N–C) groups is 1. The van der Waals surface area contributed by atoms with Crippen molar-refractivity contribution in [3.63, 3.8) is 0 Å². The van der Waals surface area contributed by atoms with Crippen LogP contribution in [0.25, 0.3) is 0 Å². The van der Waals surface area contributed by atoms with Crippen LogP contribution in [0.15, 0.2) is 23.3 Å². The van der Waals surface area contributed by atoms with E-state index in [1.165, 1.54) is 23.2 Å². The second-order valence-electron chi connectivity index (χ2n) is 5.51. The van der Waals surface area contributed by atoms with Gasteiger partial charge < -0.3 is 15.5 Å². The number of aromatic nitrogens is 1. The number of rotatable bonds is 6. The van der Waals surface area contributed by atoms with Crippen LogP contribution in [0.1, 0.15) is 19.5 Å². The molecule has 0 aliphatic carbocycles. The summed E-state index contributed by atoms with van der Waals surface area (Å²) in [6.07, 6.45) is 1.53. The van der Waals surface area contributed by atoms with Crippen LogP contribution in [0.5, 0.6) is 0 Å². The quantitative estimate of drug-likeness (QED) is 0.403. The van der Waals surface area contributed by atoms with E-state index in [-0.39, 0.29) is 54.5 Å². The molecular weight excluding hydrogens is 412 g/mol. The molecule has 0 radical (unpaired) electrons. The smallest absolute Gasteiger partial charge is 0.241 e. The van der Waals surface area contributed by atoms with Crippen molar-refractivity contribution in [2.45, 2.75) is 20.4 Å². The van der Waals surface area contributed by atoms with Crippen molar-refractivity contribution in [1.82, 2.24) is 20.5 Å². The molecule has 0 aliphatic heterocycles. The minimum absolute atomic E-state index is 0. The largest absolute Gasteiger partial charge is 0.356 e. The van der Waals surface area contributed by atoms with Crippen LogP contribution in [0, 0.1) is 11.7 Å². The third kappa shape index (κ3) is 8.68. The van der Waals surface area contributed by atoms with Gasteiger partial charge in [0.05, 0.1) is 18.8 Å². The number of hydrogen-bond acceptors (Lipinski definition) is 3. The number of pyridine rings is 1. The molecule has 0 spiro atoms. The number of halogens is 2. The zero-order valence-corrected chi connectivity index (χ0v) is 16.3. The highest BCUT2D eigenvalue weighted by Crippen LogP contribution is 2.03. The predicted octanol–water partition coefficient (Wildman–Crippen LogP) is 1.62. The maximum absolute atomic E-state index is 13.5. The molecule has 6 nitrogen and oxygen atoms in total. The summed E-state index contributed by atoms with van der Waals surface area (Å²) in [6.45, 7) is 5.06. The molecule has 1 heterocycles. The van der Waals surface area contributed by atoms with Crippen LogP contribution >= 0.6 is 24.0 Å². The molecule has 0 unspecified atom stereocenters. The number of guanidine groups is 1. The number of carbonyl (C=O) groups excluding carboxylic acids is 1. The van der Waals surface area contributed by atoms with E-state index in [2.05, 4.69) is 34.5 Å². The highest BCUT2D eigenvalue weighted by Gasteiger charge is 2.07. The molecule has 1 amide bonds. The van der Waals surface area contributed by atoms with E-state index in [9.17, 15) is 9.18 Å². The second-order valence-corrected chi connectivity index (χ2v) is 5.51. The Morgan fingerprint density at radius 3 is 2.65 bits per heavy atom. The lowest BCUT2D eigenvalue weighted by Gasteiger charge is -2.16. The molecule has 8 heteroatoms. The summed E-state index contributed by atoms with van der Waals surface area (Å²) in [6, 6.07) is 2.89. The van der Waals surface area contributed by atoms with Gasteiger partial charge in [-0.2, -0.15) is 0 Å². The van der Waals surface area contributed by atoms with E-state index in [1.54, 1.807) is 14.1 Å². The van der Waals surface area contributed by atoms with Crippen LogP contribution in [-0.4, -0.2) is 48.9 Å². The minimum atomic E-state index is -0.390. The fourth-order valence-corrected chi connectivity index (χ4v) is 1.48. The van der Waals surface area contributed by atoms with E-state index in [0.29, 0.717) is 18.4 Å². The molecule has 1 aromatic heterocycles. The van der Waals surface area contributed by atoms with Crippen LogP contribution in [-0.2, 0) is 11.3 Å². The summed E-state index contributed by atoms with van der Waals surface area (Å²) in [5.41, 5.74) is 0.270. The average molecular weight is 437 g/mol. The summed E-state index contributed by atoms with van der Waals surface area (Å²) < 4.78 is 13.5. The summed E-state index contributed by atoms with van der Waals surface area (Å²) in [4.78, 5) is 21.3. The van der Waals surface area contributed by atoms with Gasteiger partial charge in [-0.05, 0) is 18.1 Å². The van der Waals surface area contributed by atoms with Crippen LogP contribution < -0.4 is 10.6 Å². The molecular formula is C15H25FIN5O. The zero-order chi connectivity index (χ0) is 16.5. The fraction of sp³-hybridized carbons (Fsp3) is 0.533. The van der Waals surface area contributed by atoms with Crippen molar-refractivity contribution in [3.8, 4) is 0 Å². The molecule has 0 aromatic carbocycles. The van der Waals surface area contributed by atoms with Crippen molar-refractivity contribution in [2.75, 3.05) is 27.2 Å². The maximum Gasteiger partial charge on any atom is 0.241 e. The van der Waals surface area contributed by atoms with Gasteiger partial charge in [-0.3, -0.25) is 9.78 Å². The van der Waals surface area contributed by atoms with Gasteiger partial charge in [0, 0.05) is 26.8 Å². The summed E-state index contributed by atoms with van der Waals surface area (Å²) in [5, 5.41) is 6.06. The molecule has 0 atom stereocenters. The Balaban J connectivity index is 0.00000484. The van der Waals surface area contributed by atoms with Crippen LogP contribution in [0.4, 0.5) is 4.39 Å². The van der Waals surface area contributed by atoms with Crippen molar-refractivity contribution in [1.29, 1.82) is 0 Å². The second kappa shape index (κ2) is 11.1. The lowest BCUT2D eigenvalue weighted by atomic mass is 10.2. The van der Waals surface area contributed by atoms with Crippen molar-refractivity contribution < 1.29 is 9.18 Å². The van der Waals surface area contributed by atoms with Crippen molar-refractivity contribution >= 4 is 35.8 Å². The molecule has 1 rings (SSSR count). The van der Waals surface area contributed by atoms with E-state index in [4.69, 9.17) is 0 Å². The SMILES string of the molecule is CC(C)CNC(=NCc1ncccc1F)NCC(=O)N(C)C.I. The standard InChI is InChI=1S/C15H24FN5O.HI/c1-11(2)8-18-15(20-10-14(22)21(3)4)19-9-13-12(16)6-5-7-17-13;/h5-7,11H,8-10H2,1-4H3,(H2,18,19,20);1H. The van der Waals surface area contributed by atoms with Gasteiger partial charge in [0.1, 0.15) is 5.82 Å². The summed E-state index contributed by atoms with van der Waals surface area (Å²) in [5.74, 6) is 0.430. The normalized spacial score (nSPS) is 11.0. The van der Waals surface area contributed by atoms with E-state index in [0.717, 1.165) is 0 Å². The van der Waals surface area contributed by atoms with Gasteiger partial charge >= 0.3 is 0 Å². The molecule has 130 valence electrons. The highest BCUT2D eigenvalue weighted by atomic mass is 127. The van der Waals surface area contributed by atoms with Crippen molar-refractivity contribution in [3.05, 3.63) is 29.8 Å². The van der Waals surface area contributed by atoms with Gasteiger partial charge in [0.15, 0.2) is 5.96 Å². The van der Waals surface area contributed by atoms with Gasteiger partial charge in [-0.1, -0.05) is 13.8 Å². The van der Waals surface area contributed by atoms with Gasteiger partial charge in [-0.25, -0.2) is 9.38 Å². The Labute approximate surface area is 154 Å². The Morgan fingerprint density at radius 1 is 1.39 bits per heavy atom. The van der Waals surface area contributed by atoms with Gasteiger partial charge in [-0.15, -0.1) is 24.0 Å². The minimum Gasteiger partial charge on any atom is -0.356 e. The Hall–Kier alpha value is -1.45. The Bertz CT molecular complexity index is 522. The Morgan fingerprint density at radius 2 is 2.09 bits per heavy atom. The molecule has 23 heavy (non-hydrogen) atoms. The highest BCUT2D eigenvalue weighted by molar-refractivity contribution is 14.0. The van der Waals surface area contributed by atoms with E-state index >= 15 is 0 Å². The molecule has 0 bridgehead atoms. The Kier molecular flexibility index (Phi) is 10.4. The predicted molar refractivity (Wildman–Crippen MR) is 100 cm³/mol. The monoisotopic (exact) mass is 437 g/mol. The van der Waals surface area contributed by atoms with Crippen molar-refractivity contribution in [2.24, 2.45) is 10.9 Å². The topological polar surface area (TPSA) is 69.6 Å². The zero-order valence-electron chi connectivity index (χ0n) is 14.0. The number of nitrogens with one attached hydrogen (secondary N) is 2. The molecule has 0 saturated heterocycles. The lowest BCUT2D eigenvalue weighted by molar-refractivity contribution is -0.127. The number of amides is 1. The van der Waals surface area contributed by atoms with Gasteiger partial charge in [0.2, 0.25) is 5.91 Å². The molecule has 0 saturated carbocycles. The summed E-state index contributed by atoms with van der Waals surface area (Å²) >= 11 is 0. The molecule has 0 fully saturated rings. The first-order valence-corrected chi connectivity index (χ1v) is 7.22. The van der Waals surface area contributed by atoms with Crippen LogP contribution in [0.2, 0.25) is 0 Å².